The zero-order valence-corrected chi connectivity index (χ0v) is 11.1. The Labute approximate surface area is 108 Å². The number of aromatic nitrogens is 2. The highest BCUT2D eigenvalue weighted by atomic mass is 79.9. The maximum Gasteiger partial charge on any atom is 0.327 e. The van der Waals surface area contributed by atoms with E-state index in [0.717, 1.165) is 10.2 Å². The van der Waals surface area contributed by atoms with Crippen LogP contribution in [0.5, 0.6) is 5.75 Å². The summed E-state index contributed by atoms with van der Waals surface area (Å²) in [5, 5.41) is 0. The predicted octanol–water partition coefficient (Wildman–Crippen LogP) is 2.03. The summed E-state index contributed by atoms with van der Waals surface area (Å²) in [6.07, 6.45) is 3.50. The molecule has 2 aromatic rings. The molecule has 0 bridgehead atoms. The van der Waals surface area contributed by atoms with Crippen LogP contribution in [0.25, 0.3) is 0 Å². The Bertz CT molecular complexity index is 542. The molecule has 0 radical (unpaired) electrons. The maximum atomic E-state index is 11.5. The first kappa shape index (κ1) is 12.0. The maximum absolute atomic E-state index is 11.5. The van der Waals surface area contributed by atoms with Crippen LogP contribution in [0.4, 0.5) is 0 Å². The number of hydrogen-bond donors (Lipinski definition) is 0. The van der Waals surface area contributed by atoms with E-state index < -0.39 is 0 Å². The number of rotatable bonds is 4. The van der Waals surface area contributed by atoms with Gasteiger partial charge >= 0.3 is 5.69 Å². The molecule has 1 heterocycles. The van der Waals surface area contributed by atoms with Gasteiger partial charge in [0.05, 0.1) is 6.54 Å². The third-order valence-electron chi connectivity index (χ3n) is 2.43. The van der Waals surface area contributed by atoms with Crippen molar-refractivity contribution in [3.63, 3.8) is 0 Å². The molecule has 0 saturated heterocycles. The van der Waals surface area contributed by atoms with Gasteiger partial charge in [0.25, 0.3) is 0 Å². The van der Waals surface area contributed by atoms with E-state index in [-0.39, 0.29) is 5.69 Å². The summed E-state index contributed by atoms with van der Waals surface area (Å²) in [7, 11) is 1.73. The van der Waals surface area contributed by atoms with Crippen LogP contribution in [0, 0.1) is 0 Å². The number of imidazole rings is 1. The van der Waals surface area contributed by atoms with E-state index in [4.69, 9.17) is 4.74 Å². The summed E-state index contributed by atoms with van der Waals surface area (Å²) in [5.41, 5.74) is -0.0237. The molecule has 0 fully saturated rings. The number of benzene rings is 1. The fourth-order valence-corrected chi connectivity index (χ4v) is 1.74. The van der Waals surface area contributed by atoms with Gasteiger partial charge < -0.3 is 9.30 Å². The van der Waals surface area contributed by atoms with Gasteiger partial charge in [-0.05, 0) is 24.3 Å². The molecule has 0 aliphatic rings. The molecule has 0 spiro atoms. The summed E-state index contributed by atoms with van der Waals surface area (Å²) in [6, 6.07) is 7.61. The van der Waals surface area contributed by atoms with Gasteiger partial charge in [-0.1, -0.05) is 15.9 Å². The van der Waals surface area contributed by atoms with Gasteiger partial charge in [0.1, 0.15) is 12.4 Å². The van der Waals surface area contributed by atoms with Crippen molar-refractivity contribution in [1.29, 1.82) is 0 Å². The van der Waals surface area contributed by atoms with Crippen molar-refractivity contribution in [3.8, 4) is 5.75 Å². The minimum Gasteiger partial charge on any atom is -0.492 e. The molecular weight excluding hydrogens is 284 g/mol. The Balaban J connectivity index is 1.90. The van der Waals surface area contributed by atoms with Gasteiger partial charge in [0.15, 0.2) is 0 Å². The minimum absolute atomic E-state index is 0.0237. The van der Waals surface area contributed by atoms with Gasteiger partial charge in [0, 0.05) is 23.9 Å². The van der Waals surface area contributed by atoms with Gasteiger partial charge in [-0.15, -0.1) is 0 Å². The van der Waals surface area contributed by atoms with Crippen LogP contribution < -0.4 is 10.4 Å². The van der Waals surface area contributed by atoms with E-state index in [9.17, 15) is 4.79 Å². The molecule has 0 aliphatic carbocycles. The van der Waals surface area contributed by atoms with Gasteiger partial charge in [-0.25, -0.2) is 4.79 Å². The fourth-order valence-electron chi connectivity index (χ4n) is 1.47. The lowest BCUT2D eigenvalue weighted by Gasteiger charge is -2.06. The Morgan fingerprint density at radius 1 is 1.24 bits per heavy atom. The third-order valence-corrected chi connectivity index (χ3v) is 2.96. The van der Waals surface area contributed by atoms with E-state index in [1.54, 1.807) is 28.6 Å². The van der Waals surface area contributed by atoms with E-state index >= 15 is 0 Å². The topological polar surface area (TPSA) is 36.2 Å². The number of nitrogens with zero attached hydrogens (tertiary/aromatic N) is 2. The second-order valence-corrected chi connectivity index (χ2v) is 4.60. The normalized spacial score (nSPS) is 10.5. The van der Waals surface area contributed by atoms with Crippen LogP contribution in [-0.4, -0.2) is 15.7 Å². The first-order valence-corrected chi connectivity index (χ1v) is 6.06. The molecule has 1 aromatic carbocycles. The Kier molecular flexibility index (Phi) is 3.68. The minimum atomic E-state index is -0.0237. The van der Waals surface area contributed by atoms with E-state index in [0.29, 0.717) is 13.2 Å². The van der Waals surface area contributed by atoms with E-state index in [1.807, 2.05) is 24.3 Å². The summed E-state index contributed by atoms with van der Waals surface area (Å²) in [6.45, 7) is 1.03. The molecule has 4 nitrogen and oxygen atoms in total. The zero-order chi connectivity index (χ0) is 12.3. The molecule has 0 saturated carbocycles. The van der Waals surface area contributed by atoms with Crippen LogP contribution in [0.3, 0.4) is 0 Å². The SMILES string of the molecule is Cn1ccn(CCOc2ccc(Br)cc2)c1=O. The molecule has 90 valence electrons. The third kappa shape index (κ3) is 3.00. The van der Waals surface area contributed by atoms with E-state index in [1.165, 1.54) is 0 Å². The lowest BCUT2D eigenvalue weighted by atomic mass is 10.3. The fraction of sp³-hybridized carbons (Fsp3) is 0.250. The van der Waals surface area contributed by atoms with E-state index in [2.05, 4.69) is 15.9 Å². The molecular formula is C12H13BrN2O2. The van der Waals surface area contributed by atoms with Crippen molar-refractivity contribution < 1.29 is 4.74 Å². The molecule has 0 unspecified atom stereocenters. The molecule has 1 aromatic heterocycles. The first-order chi connectivity index (χ1) is 8.16. The summed E-state index contributed by atoms with van der Waals surface area (Å²) < 4.78 is 9.72. The molecule has 2 rings (SSSR count). The number of halogens is 1. The van der Waals surface area contributed by atoms with Crippen LogP contribution >= 0.6 is 15.9 Å². The van der Waals surface area contributed by atoms with Gasteiger partial charge in [-0.3, -0.25) is 4.57 Å². The summed E-state index contributed by atoms with van der Waals surface area (Å²) in [4.78, 5) is 11.5. The Hall–Kier alpha value is -1.49. The monoisotopic (exact) mass is 296 g/mol. The molecule has 5 heteroatoms. The summed E-state index contributed by atoms with van der Waals surface area (Å²) >= 11 is 3.36. The molecule has 0 atom stereocenters. The smallest absolute Gasteiger partial charge is 0.327 e. The lowest BCUT2D eigenvalue weighted by molar-refractivity contribution is 0.296. The van der Waals surface area contributed by atoms with Crippen LogP contribution in [-0.2, 0) is 13.6 Å². The van der Waals surface area contributed by atoms with Crippen molar-refractivity contribution in [1.82, 2.24) is 9.13 Å². The second-order valence-electron chi connectivity index (χ2n) is 3.69. The average Bonchev–Trinajstić information content (AvgIpc) is 2.64. The van der Waals surface area contributed by atoms with Crippen LogP contribution in [0.1, 0.15) is 0 Å². The second kappa shape index (κ2) is 5.23. The number of aryl methyl sites for hydroxylation is 1. The molecule has 0 amide bonds. The summed E-state index contributed by atoms with van der Waals surface area (Å²) in [5.74, 6) is 0.803. The van der Waals surface area contributed by atoms with Gasteiger partial charge in [-0.2, -0.15) is 0 Å². The number of ether oxygens (including phenoxy) is 1. The predicted molar refractivity (Wildman–Crippen MR) is 69.3 cm³/mol. The molecule has 0 aliphatic heterocycles. The largest absolute Gasteiger partial charge is 0.492 e. The van der Waals surface area contributed by atoms with Crippen molar-refractivity contribution in [2.75, 3.05) is 6.61 Å². The molecule has 17 heavy (non-hydrogen) atoms. The van der Waals surface area contributed by atoms with Gasteiger partial charge in [0.2, 0.25) is 0 Å². The first-order valence-electron chi connectivity index (χ1n) is 5.27. The van der Waals surface area contributed by atoms with Crippen molar-refractivity contribution in [2.45, 2.75) is 6.54 Å². The lowest BCUT2D eigenvalue weighted by Crippen LogP contribution is -2.24. The highest BCUT2D eigenvalue weighted by molar-refractivity contribution is 9.10. The van der Waals surface area contributed by atoms with Crippen LogP contribution in [0.15, 0.2) is 45.9 Å². The van der Waals surface area contributed by atoms with Crippen molar-refractivity contribution >= 4 is 15.9 Å². The quantitative estimate of drug-likeness (QED) is 0.865. The standard InChI is InChI=1S/C12H13BrN2O2/c1-14-6-7-15(12(14)16)8-9-17-11-4-2-10(13)3-5-11/h2-7H,8-9H2,1H3. The van der Waals surface area contributed by atoms with Crippen molar-refractivity contribution in [2.24, 2.45) is 7.05 Å². The highest BCUT2D eigenvalue weighted by Crippen LogP contribution is 2.15. The molecule has 0 N–H and O–H groups in total. The average molecular weight is 297 g/mol. The van der Waals surface area contributed by atoms with Crippen LogP contribution in [0.2, 0.25) is 0 Å². The van der Waals surface area contributed by atoms with Crippen molar-refractivity contribution in [3.05, 3.63) is 51.6 Å². The Morgan fingerprint density at radius 2 is 1.94 bits per heavy atom. The highest BCUT2D eigenvalue weighted by Gasteiger charge is 1.99. The number of hydrogen-bond acceptors (Lipinski definition) is 2. The Morgan fingerprint density at radius 3 is 2.53 bits per heavy atom. The zero-order valence-electron chi connectivity index (χ0n) is 9.47.